The largest absolute Gasteiger partial charge is 0.361 e. The topological polar surface area (TPSA) is 22.3 Å². The summed E-state index contributed by atoms with van der Waals surface area (Å²) in [5, 5.41) is 1.40. The van der Waals surface area contributed by atoms with E-state index >= 15 is 0 Å². The monoisotopic (exact) mass is 437 g/mol. The van der Waals surface area contributed by atoms with Crippen LogP contribution in [0.15, 0.2) is 91.1 Å². The van der Waals surface area contributed by atoms with Crippen LogP contribution in [0.5, 0.6) is 0 Å². The van der Waals surface area contributed by atoms with Crippen molar-refractivity contribution in [2.24, 2.45) is 0 Å². The first kappa shape index (κ1) is 21.9. The van der Waals surface area contributed by atoms with Crippen molar-refractivity contribution in [2.45, 2.75) is 44.8 Å². The van der Waals surface area contributed by atoms with Crippen molar-refractivity contribution in [1.82, 2.24) is 14.8 Å². The van der Waals surface area contributed by atoms with E-state index in [1.165, 1.54) is 53.5 Å². The number of piperidine rings is 1. The van der Waals surface area contributed by atoms with E-state index < -0.39 is 0 Å². The Morgan fingerprint density at radius 3 is 2.03 bits per heavy atom. The van der Waals surface area contributed by atoms with Gasteiger partial charge in [-0.3, -0.25) is 4.90 Å². The van der Waals surface area contributed by atoms with Gasteiger partial charge in [-0.1, -0.05) is 78.9 Å². The zero-order chi connectivity index (χ0) is 22.5. The molecule has 0 saturated carbocycles. The fourth-order valence-electron chi connectivity index (χ4n) is 5.35. The molecule has 1 aromatic heterocycles. The van der Waals surface area contributed by atoms with Gasteiger partial charge in [-0.2, -0.15) is 0 Å². The van der Waals surface area contributed by atoms with Crippen LogP contribution >= 0.6 is 0 Å². The summed E-state index contributed by atoms with van der Waals surface area (Å²) < 4.78 is 0. The molecular weight excluding hydrogens is 402 g/mol. The minimum atomic E-state index is 0.495. The molecule has 33 heavy (non-hydrogen) atoms. The van der Waals surface area contributed by atoms with Crippen LogP contribution in [0, 0.1) is 0 Å². The second-order valence-electron chi connectivity index (χ2n) is 9.59. The summed E-state index contributed by atoms with van der Waals surface area (Å²) in [4.78, 5) is 8.78. The molecule has 1 N–H and O–H groups in total. The number of hydrogen-bond acceptors (Lipinski definition) is 2. The lowest BCUT2D eigenvalue weighted by atomic mass is 9.89. The van der Waals surface area contributed by atoms with Gasteiger partial charge in [0.2, 0.25) is 0 Å². The molecule has 0 unspecified atom stereocenters. The summed E-state index contributed by atoms with van der Waals surface area (Å²) in [7, 11) is 0. The molecule has 1 aliphatic heterocycles. The first-order valence-corrected chi connectivity index (χ1v) is 12.4. The van der Waals surface area contributed by atoms with E-state index in [1.54, 1.807) is 0 Å². The number of aromatic amines is 1. The van der Waals surface area contributed by atoms with Crippen LogP contribution in [0.3, 0.4) is 0 Å². The maximum atomic E-state index is 3.47. The molecule has 0 spiro atoms. The second kappa shape index (κ2) is 10.4. The summed E-state index contributed by atoms with van der Waals surface area (Å²) in [6, 6.07) is 31.0. The number of likely N-dealkylation sites (tertiary alicyclic amines) is 1. The van der Waals surface area contributed by atoms with Crippen LogP contribution in [0.1, 0.15) is 42.4 Å². The third-order valence-corrected chi connectivity index (χ3v) is 7.25. The van der Waals surface area contributed by atoms with Crippen LogP contribution in [0.4, 0.5) is 0 Å². The molecule has 4 aromatic rings. The summed E-state index contributed by atoms with van der Waals surface area (Å²) in [5.74, 6) is 0.664. The van der Waals surface area contributed by atoms with E-state index in [2.05, 4.69) is 113 Å². The lowest BCUT2D eigenvalue weighted by Crippen LogP contribution is -2.44. The highest BCUT2D eigenvalue weighted by atomic mass is 15.2. The highest BCUT2D eigenvalue weighted by Gasteiger charge is 2.25. The van der Waals surface area contributed by atoms with Crippen LogP contribution in [0.2, 0.25) is 0 Å². The molecule has 5 rings (SSSR count). The van der Waals surface area contributed by atoms with Gasteiger partial charge < -0.3 is 9.88 Å². The predicted molar refractivity (Wildman–Crippen MR) is 138 cm³/mol. The van der Waals surface area contributed by atoms with Gasteiger partial charge in [0, 0.05) is 42.8 Å². The van der Waals surface area contributed by atoms with E-state index in [0.29, 0.717) is 12.0 Å². The van der Waals surface area contributed by atoms with Gasteiger partial charge in [-0.25, -0.2) is 0 Å². The van der Waals surface area contributed by atoms with Crippen LogP contribution in [-0.2, 0) is 13.1 Å². The summed E-state index contributed by atoms with van der Waals surface area (Å²) in [6.45, 7) is 7.86. The summed E-state index contributed by atoms with van der Waals surface area (Å²) in [5.41, 5.74) is 5.55. The lowest BCUT2D eigenvalue weighted by molar-refractivity contribution is 0.118. The quantitative estimate of drug-likeness (QED) is 0.343. The number of fused-ring (bicyclic) bond motifs is 1. The number of H-pyrrole nitrogens is 1. The Morgan fingerprint density at radius 1 is 0.818 bits per heavy atom. The SMILES string of the molecule is C[C@@H](CN1CCC(c2c[nH]c3ccccc23)CC1)N(Cc1ccccc1)Cc1ccccc1. The molecule has 3 heteroatoms. The van der Waals surface area contributed by atoms with E-state index in [9.17, 15) is 0 Å². The first-order valence-electron chi connectivity index (χ1n) is 12.4. The Labute approximate surface area is 198 Å². The van der Waals surface area contributed by atoms with Crippen molar-refractivity contribution in [2.75, 3.05) is 19.6 Å². The molecule has 3 aromatic carbocycles. The fourth-order valence-corrected chi connectivity index (χ4v) is 5.35. The predicted octanol–water partition coefficient (Wildman–Crippen LogP) is 6.44. The number of para-hydroxylation sites is 1. The summed E-state index contributed by atoms with van der Waals surface area (Å²) >= 11 is 0. The van der Waals surface area contributed by atoms with Crippen LogP contribution in [0.25, 0.3) is 10.9 Å². The van der Waals surface area contributed by atoms with Gasteiger partial charge in [0.1, 0.15) is 0 Å². The van der Waals surface area contributed by atoms with E-state index in [4.69, 9.17) is 0 Å². The molecule has 1 atom stereocenters. The van der Waals surface area contributed by atoms with Crippen LogP contribution < -0.4 is 0 Å². The van der Waals surface area contributed by atoms with Gasteiger partial charge >= 0.3 is 0 Å². The number of nitrogens with zero attached hydrogens (tertiary/aromatic N) is 2. The number of rotatable bonds is 8. The van der Waals surface area contributed by atoms with Crippen LogP contribution in [-0.4, -0.2) is 40.5 Å². The molecule has 170 valence electrons. The zero-order valence-electron chi connectivity index (χ0n) is 19.7. The number of benzene rings is 3. The third kappa shape index (κ3) is 5.38. The maximum absolute atomic E-state index is 3.47. The molecule has 2 heterocycles. The Morgan fingerprint density at radius 2 is 1.39 bits per heavy atom. The standard InChI is InChI=1S/C30H35N3/c1-24(33(22-25-10-4-2-5-11-25)23-26-12-6-3-7-13-26)21-32-18-16-27(17-19-32)29-20-31-30-15-9-8-14-28(29)30/h2-15,20,24,27,31H,16-19,21-23H2,1H3/t24-/m0/s1. The molecular formula is C30H35N3. The van der Waals surface area contributed by atoms with Crippen molar-refractivity contribution in [1.29, 1.82) is 0 Å². The molecule has 0 bridgehead atoms. The number of hydrogen-bond donors (Lipinski definition) is 1. The van der Waals surface area contributed by atoms with Crippen molar-refractivity contribution in [3.63, 3.8) is 0 Å². The van der Waals surface area contributed by atoms with Crippen molar-refractivity contribution >= 4 is 10.9 Å². The van der Waals surface area contributed by atoms with Crippen molar-refractivity contribution < 1.29 is 0 Å². The van der Waals surface area contributed by atoms with Gasteiger partial charge in [0.15, 0.2) is 0 Å². The average molecular weight is 438 g/mol. The van der Waals surface area contributed by atoms with Gasteiger partial charge in [0.25, 0.3) is 0 Å². The van der Waals surface area contributed by atoms with E-state index in [-0.39, 0.29) is 0 Å². The molecule has 1 saturated heterocycles. The smallest absolute Gasteiger partial charge is 0.0456 e. The first-order chi connectivity index (χ1) is 16.3. The third-order valence-electron chi connectivity index (χ3n) is 7.25. The molecule has 3 nitrogen and oxygen atoms in total. The zero-order valence-corrected chi connectivity index (χ0v) is 19.7. The van der Waals surface area contributed by atoms with Gasteiger partial charge in [-0.05, 0) is 61.5 Å². The Kier molecular flexibility index (Phi) is 6.89. The molecule has 0 amide bonds. The Balaban J connectivity index is 1.22. The second-order valence-corrected chi connectivity index (χ2v) is 9.59. The van der Waals surface area contributed by atoms with Crippen molar-refractivity contribution in [3.8, 4) is 0 Å². The molecule has 1 fully saturated rings. The molecule has 1 aliphatic rings. The van der Waals surface area contributed by atoms with Gasteiger partial charge in [-0.15, -0.1) is 0 Å². The van der Waals surface area contributed by atoms with E-state index in [0.717, 1.165) is 19.6 Å². The highest BCUT2D eigenvalue weighted by Crippen LogP contribution is 2.33. The average Bonchev–Trinajstić information content (AvgIpc) is 3.30. The van der Waals surface area contributed by atoms with Gasteiger partial charge in [0.05, 0.1) is 0 Å². The minimum absolute atomic E-state index is 0.495. The highest BCUT2D eigenvalue weighted by molar-refractivity contribution is 5.83. The Hall–Kier alpha value is -2.88. The van der Waals surface area contributed by atoms with E-state index in [1.807, 2.05) is 0 Å². The van der Waals surface area contributed by atoms with Crippen molar-refractivity contribution in [3.05, 3.63) is 108 Å². The summed E-state index contributed by atoms with van der Waals surface area (Å²) in [6.07, 6.45) is 4.73. The normalized spacial score (nSPS) is 16.4. The minimum Gasteiger partial charge on any atom is -0.361 e. The lowest BCUT2D eigenvalue weighted by Gasteiger charge is -2.37. The molecule has 0 radical (unpaired) electrons. The Bertz CT molecular complexity index is 1090. The number of aromatic nitrogens is 1. The number of nitrogens with one attached hydrogen (secondary N) is 1. The maximum Gasteiger partial charge on any atom is 0.0456 e. The molecule has 0 aliphatic carbocycles. The fraction of sp³-hybridized carbons (Fsp3) is 0.333.